The summed E-state index contributed by atoms with van der Waals surface area (Å²) in [6.45, 7) is 0.593. The molecule has 1 heterocycles. The number of nitrogens with two attached hydrogens (primary N) is 1. The van der Waals surface area contributed by atoms with Crippen LogP contribution in [-0.2, 0) is 6.18 Å². The maximum absolute atomic E-state index is 12.6. The Balaban J connectivity index is 2.24. The molecule has 94 valence electrons. The minimum Gasteiger partial charge on any atom is -0.330 e. The van der Waals surface area contributed by atoms with Gasteiger partial charge in [0.1, 0.15) is 0 Å². The molecule has 2 rings (SSSR count). The Morgan fingerprint density at radius 3 is 2.76 bits per heavy atom. The topological polar surface area (TPSA) is 26.0 Å². The van der Waals surface area contributed by atoms with E-state index in [0.29, 0.717) is 6.54 Å². The molecular weight excluding hydrogens is 247 g/mol. The van der Waals surface area contributed by atoms with Crippen molar-refractivity contribution in [2.75, 3.05) is 12.3 Å². The Hall–Kier alpha value is -0.680. The van der Waals surface area contributed by atoms with Gasteiger partial charge in [-0.05, 0) is 49.1 Å². The van der Waals surface area contributed by atoms with Crippen LogP contribution < -0.4 is 5.73 Å². The second-order valence-corrected chi connectivity index (χ2v) is 5.25. The first-order chi connectivity index (χ1) is 8.02. The predicted molar refractivity (Wildman–Crippen MR) is 63.2 cm³/mol. The van der Waals surface area contributed by atoms with Crippen LogP contribution in [0.1, 0.15) is 29.9 Å². The summed E-state index contributed by atoms with van der Waals surface area (Å²) in [5.74, 6) is 1.09. The molecular formula is C12H14F3NS. The zero-order chi connectivity index (χ0) is 12.5. The minimum atomic E-state index is -4.25. The summed E-state index contributed by atoms with van der Waals surface area (Å²) in [7, 11) is 0. The van der Waals surface area contributed by atoms with E-state index in [4.69, 9.17) is 5.73 Å². The van der Waals surface area contributed by atoms with E-state index < -0.39 is 11.7 Å². The van der Waals surface area contributed by atoms with E-state index in [0.717, 1.165) is 35.1 Å². The largest absolute Gasteiger partial charge is 0.416 e. The number of fused-ring (bicyclic) bond motifs is 1. The summed E-state index contributed by atoms with van der Waals surface area (Å²) in [6.07, 6.45) is -2.51. The van der Waals surface area contributed by atoms with E-state index in [1.54, 1.807) is 17.8 Å². The first-order valence-electron chi connectivity index (χ1n) is 5.56. The third-order valence-electron chi connectivity index (χ3n) is 2.97. The van der Waals surface area contributed by atoms with Gasteiger partial charge in [-0.25, -0.2) is 0 Å². The van der Waals surface area contributed by atoms with E-state index in [2.05, 4.69) is 0 Å². The van der Waals surface area contributed by atoms with Gasteiger partial charge in [0.05, 0.1) is 5.56 Å². The van der Waals surface area contributed by atoms with E-state index in [-0.39, 0.29) is 5.92 Å². The maximum atomic E-state index is 12.6. The lowest BCUT2D eigenvalue weighted by molar-refractivity contribution is -0.137. The van der Waals surface area contributed by atoms with Gasteiger partial charge in [-0.3, -0.25) is 0 Å². The van der Waals surface area contributed by atoms with Crippen LogP contribution in [0.25, 0.3) is 0 Å². The highest BCUT2D eigenvalue weighted by atomic mass is 32.2. The molecule has 0 saturated carbocycles. The Bertz CT molecular complexity index is 403. The summed E-state index contributed by atoms with van der Waals surface area (Å²) >= 11 is 1.64. The van der Waals surface area contributed by atoms with Gasteiger partial charge in [-0.2, -0.15) is 13.2 Å². The summed E-state index contributed by atoms with van der Waals surface area (Å²) in [6, 6.07) is 4.05. The summed E-state index contributed by atoms with van der Waals surface area (Å²) in [5, 5.41) is 0. The monoisotopic (exact) mass is 261 g/mol. The van der Waals surface area contributed by atoms with E-state index in [9.17, 15) is 13.2 Å². The van der Waals surface area contributed by atoms with Crippen LogP contribution in [0.4, 0.5) is 13.2 Å². The fourth-order valence-corrected chi connectivity index (χ4v) is 3.34. The SMILES string of the molecule is NCCCC1CSc2ccc(C(F)(F)F)cc21. The van der Waals surface area contributed by atoms with Gasteiger partial charge in [0.2, 0.25) is 0 Å². The molecule has 1 aromatic carbocycles. The number of thioether (sulfide) groups is 1. The molecule has 0 bridgehead atoms. The van der Waals surface area contributed by atoms with Crippen LogP contribution in [-0.4, -0.2) is 12.3 Å². The van der Waals surface area contributed by atoms with Gasteiger partial charge >= 0.3 is 6.18 Å². The Kier molecular flexibility index (Phi) is 3.68. The summed E-state index contributed by atoms with van der Waals surface area (Å²) in [5.41, 5.74) is 5.74. The molecule has 2 N–H and O–H groups in total. The van der Waals surface area contributed by atoms with Crippen molar-refractivity contribution in [3.63, 3.8) is 0 Å². The van der Waals surface area contributed by atoms with Gasteiger partial charge in [-0.1, -0.05) is 0 Å². The molecule has 1 nitrogen and oxygen atoms in total. The molecule has 1 atom stereocenters. The summed E-state index contributed by atoms with van der Waals surface area (Å²) < 4.78 is 37.8. The molecule has 0 spiro atoms. The third kappa shape index (κ3) is 2.77. The fourth-order valence-electron chi connectivity index (χ4n) is 2.06. The van der Waals surface area contributed by atoms with E-state index >= 15 is 0 Å². The molecule has 1 unspecified atom stereocenters. The lowest BCUT2D eigenvalue weighted by atomic mass is 9.95. The molecule has 5 heteroatoms. The first kappa shape index (κ1) is 12.8. The molecule has 0 aromatic heterocycles. The number of alkyl halides is 3. The first-order valence-corrected chi connectivity index (χ1v) is 6.55. The average Bonchev–Trinajstić information content (AvgIpc) is 2.67. The second kappa shape index (κ2) is 4.90. The van der Waals surface area contributed by atoms with E-state index in [1.807, 2.05) is 0 Å². The van der Waals surface area contributed by atoms with Crippen molar-refractivity contribution in [3.8, 4) is 0 Å². The van der Waals surface area contributed by atoms with Crippen LogP contribution in [0.2, 0.25) is 0 Å². The molecule has 0 saturated heterocycles. The Morgan fingerprint density at radius 1 is 1.35 bits per heavy atom. The van der Waals surface area contributed by atoms with Gasteiger partial charge in [0.25, 0.3) is 0 Å². The third-order valence-corrected chi connectivity index (χ3v) is 4.23. The van der Waals surface area contributed by atoms with Gasteiger partial charge < -0.3 is 5.73 Å². The summed E-state index contributed by atoms with van der Waals surface area (Å²) in [4.78, 5) is 0.986. The second-order valence-electron chi connectivity index (χ2n) is 4.19. The van der Waals surface area contributed by atoms with Gasteiger partial charge in [-0.15, -0.1) is 11.8 Å². The van der Waals surface area contributed by atoms with Crippen molar-refractivity contribution >= 4 is 11.8 Å². The maximum Gasteiger partial charge on any atom is 0.416 e. The lowest BCUT2D eigenvalue weighted by Gasteiger charge is -2.12. The molecule has 0 radical (unpaired) electrons. The van der Waals surface area contributed by atoms with Gasteiger partial charge in [0.15, 0.2) is 0 Å². The highest BCUT2D eigenvalue weighted by molar-refractivity contribution is 7.99. The molecule has 1 aliphatic rings. The predicted octanol–water partition coefficient (Wildman–Crippen LogP) is 3.63. The zero-order valence-corrected chi connectivity index (χ0v) is 10.1. The lowest BCUT2D eigenvalue weighted by Crippen LogP contribution is -2.07. The zero-order valence-electron chi connectivity index (χ0n) is 9.26. The molecule has 1 aliphatic heterocycles. The van der Waals surface area contributed by atoms with E-state index in [1.165, 1.54) is 6.07 Å². The number of benzene rings is 1. The smallest absolute Gasteiger partial charge is 0.330 e. The van der Waals surface area contributed by atoms with Crippen molar-refractivity contribution in [2.24, 2.45) is 5.73 Å². The van der Waals surface area contributed by atoms with Crippen molar-refractivity contribution in [1.29, 1.82) is 0 Å². The van der Waals surface area contributed by atoms with Crippen molar-refractivity contribution in [3.05, 3.63) is 29.3 Å². The van der Waals surface area contributed by atoms with Crippen molar-refractivity contribution < 1.29 is 13.2 Å². The van der Waals surface area contributed by atoms with Gasteiger partial charge in [0, 0.05) is 10.6 Å². The van der Waals surface area contributed by atoms with Crippen LogP contribution in [0.5, 0.6) is 0 Å². The number of hydrogen-bond acceptors (Lipinski definition) is 2. The normalized spacial score (nSPS) is 19.4. The number of halogens is 3. The van der Waals surface area contributed by atoms with Crippen molar-refractivity contribution in [2.45, 2.75) is 29.8 Å². The Morgan fingerprint density at radius 2 is 2.12 bits per heavy atom. The molecule has 0 fully saturated rings. The quantitative estimate of drug-likeness (QED) is 0.899. The molecule has 0 aliphatic carbocycles. The number of hydrogen-bond donors (Lipinski definition) is 1. The molecule has 0 amide bonds. The highest BCUT2D eigenvalue weighted by Crippen LogP contribution is 2.44. The van der Waals surface area contributed by atoms with Crippen LogP contribution in [0.3, 0.4) is 0 Å². The molecule has 17 heavy (non-hydrogen) atoms. The average molecular weight is 261 g/mol. The van der Waals surface area contributed by atoms with Crippen molar-refractivity contribution in [1.82, 2.24) is 0 Å². The number of rotatable bonds is 3. The fraction of sp³-hybridized carbons (Fsp3) is 0.500. The Labute approximate surface area is 103 Å². The highest BCUT2D eigenvalue weighted by Gasteiger charge is 2.33. The standard InChI is InChI=1S/C12H14F3NS/c13-12(14,15)9-3-4-11-10(6-9)8(7-17-11)2-1-5-16/h3-4,6,8H,1-2,5,7,16H2. The van der Waals surface area contributed by atoms with Crippen LogP contribution >= 0.6 is 11.8 Å². The molecule has 1 aromatic rings. The minimum absolute atomic E-state index is 0.223. The van der Waals surface area contributed by atoms with Crippen LogP contribution in [0.15, 0.2) is 23.1 Å². The van der Waals surface area contributed by atoms with Crippen LogP contribution in [0, 0.1) is 0 Å².